The molecule has 1 aromatic carbocycles. The van der Waals surface area contributed by atoms with Gasteiger partial charge < -0.3 is 16.8 Å². The van der Waals surface area contributed by atoms with Crippen LogP contribution < -0.4 is 16.8 Å². The molecule has 0 saturated carbocycles. The van der Waals surface area contributed by atoms with E-state index in [0.717, 1.165) is 54.6 Å². The number of anilines is 2. The lowest BCUT2D eigenvalue weighted by molar-refractivity contribution is 0.350. The van der Waals surface area contributed by atoms with Crippen molar-refractivity contribution in [1.82, 2.24) is 25.1 Å². The maximum absolute atomic E-state index is 6.50. The highest BCUT2D eigenvalue weighted by Crippen LogP contribution is 2.36. The van der Waals surface area contributed by atoms with Crippen molar-refractivity contribution in [3.63, 3.8) is 0 Å². The zero-order valence-corrected chi connectivity index (χ0v) is 17.7. The Bertz CT molecular complexity index is 1200. The summed E-state index contributed by atoms with van der Waals surface area (Å²) in [5.74, 6) is 0.438. The number of benzene rings is 1. The summed E-state index contributed by atoms with van der Waals surface area (Å²) in [5, 5.41) is 9.13. The highest BCUT2D eigenvalue weighted by Gasteiger charge is 2.24. The maximum Gasteiger partial charge on any atom is 0.164 e. The van der Waals surface area contributed by atoms with Gasteiger partial charge in [-0.3, -0.25) is 0 Å². The lowest BCUT2D eigenvalue weighted by Crippen LogP contribution is -2.30. The molecule has 8 heteroatoms. The van der Waals surface area contributed by atoms with Crippen LogP contribution in [0.4, 0.5) is 11.5 Å². The van der Waals surface area contributed by atoms with Crippen LogP contribution in [0.1, 0.15) is 34.2 Å². The molecule has 0 bridgehead atoms. The van der Waals surface area contributed by atoms with Crippen molar-refractivity contribution < 1.29 is 0 Å². The summed E-state index contributed by atoms with van der Waals surface area (Å²) < 4.78 is 2.02. The Balaban J connectivity index is 1.57. The van der Waals surface area contributed by atoms with E-state index in [1.165, 1.54) is 21.6 Å². The second-order valence-electron chi connectivity index (χ2n) is 7.84. The molecule has 0 atom stereocenters. The van der Waals surface area contributed by atoms with E-state index in [9.17, 15) is 0 Å². The zero-order valence-electron chi connectivity index (χ0n) is 16.9. The summed E-state index contributed by atoms with van der Waals surface area (Å²) in [5.41, 5.74) is 17.1. The molecule has 4 aromatic rings. The molecule has 1 saturated heterocycles. The zero-order chi connectivity index (χ0) is 20.7. The van der Waals surface area contributed by atoms with E-state index in [1.54, 1.807) is 0 Å². The summed E-state index contributed by atoms with van der Waals surface area (Å²) in [6, 6.07) is 10.8. The van der Waals surface area contributed by atoms with Crippen LogP contribution >= 0.6 is 11.3 Å². The van der Waals surface area contributed by atoms with Gasteiger partial charge in [0.05, 0.1) is 11.4 Å². The van der Waals surface area contributed by atoms with Crippen LogP contribution in [-0.2, 0) is 6.42 Å². The van der Waals surface area contributed by atoms with Gasteiger partial charge in [-0.2, -0.15) is 5.10 Å². The number of hydrogen-bond donors (Lipinski definition) is 3. The molecule has 154 valence electrons. The first kappa shape index (κ1) is 19.0. The minimum absolute atomic E-state index is 0.291. The molecule has 30 heavy (non-hydrogen) atoms. The molecule has 3 aromatic heterocycles. The number of aryl methyl sites for hydroxylation is 1. The van der Waals surface area contributed by atoms with Gasteiger partial charge in [0.1, 0.15) is 17.8 Å². The number of aromatic nitrogens is 4. The minimum Gasteiger partial charge on any atom is -0.398 e. The van der Waals surface area contributed by atoms with Crippen LogP contribution in [0, 0.1) is 6.92 Å². The Hall–Kier alpha value is -2.97. The van der Waals surface area contributed by atoms with E-state index in [-0.39, 0.29) is 0 Å². The Morgan fingerprint density at radius 3 is 2.70 bits per heavy atom. The average Bonchev–Trinajstić information content (AvgIpc) is 3.33. The number of nitrogens with zero attached hydrogens (tertiary/aromatic N) is 4. The lowest BCUT2D eigenvalue weighted by atomic mass is 10.0. The molecule has 5 rings (SSSR count). The Morgan fingerprint density at radius 2 is 1.97 bits per heavy atom. The second-order valence-corrected chi connectivity index (χ2v) is 9.22. The quantitative estimate of drug-likeness (QED) is 0.437. The van der Waals surface area contributed by atoms with E-state index in [1.807, 2.05) is 28.2 Å². The SMILES string of the molecule is Cc1ccc(Cc2ccc(-c3nn(C4CCNCC4)c4ncnc(N)c34)c(N)c2)s1. The molecular formula is C22H25N7S. The molecular weight excluding hydrogens is 394 g/mol. The summed E-state index contributed by atoms with van der Waals surface area (Å²) in [6.45, 7) is 4.07. The fourth-order valence-corrected chi connectivity index (χ4v) is 5.13. The Morgan fingerprint density at radius 1 is 1.13 bits per heavy atom. The first-order valence-electron chi connectivity index (χ1n) is 10.2. The van der Waals surface area contributed by atoms with Gasteiger partial charge in [0.15, 0.2) is 5.65 Å². The number of nitrogens with one attached hydrogen (secondary N) is 1. The van der Waals surface area contributed by atoms with Crippen molar-refractivity contribution in [2.45, 2.75) is 32.2 Å². The third-order valence-electron chi connectivity index (χ3n) is 5.72. The van der Waals surface area contributed by atoms with Crippen molar-refractivity contribution in [1.29, 1.82) is 0 Å². The van der Waals surface area contributed by atoms with Gasteiger partial charge in [0, 0.05) is 27.4 Å². The Kier molecular flexibility index (Phi) is 4.88. The lowest BCUT2D eigenvalue weighted by Gasteiger charge is -2.23. The number of fused-ring (bicyclic) bond motifs is 1. The van der Waals surface area contributed by atoms with Crippen LogP contribution in [0.5, 0.6) is 0 Å². The molecule has 0 radical (unpaired) electrons. The molecule has 1 fully saturated rings. The number of nitrogen functional groups attached to an aromatic ring is 2. The fraction of sp³-hybridized carbons (Fsp3) is 0.318. The van der Waals surface area contributed by atoms with Crippen molar-refractivity contribution in [3.8, 4) is 11.3 Å². The largest absolute Gasteiger partial charge is 0.398 e. The number of piperidine rings is 1. The second kappa shape index (κ2) is 7.70. The van der Waals surface area contributed by atoms with Crippen LogP contribution in [0.25, 0.3) is 22.3 Å². The Labute approximate surface area is 179 Å². The van der Waals surface area contributed by atoms with Gasteiger partial charge in [-0.15, -0.1) is 11.3 Å². The third kappa shape index (κ3) is 3.42. The van der Waals surface area contributed by atoms with Gasteiger partial charge >= 0.3 is 0 Å². The summed E-state index contributed by atoms with van der Waals surface area (Å²) >= 11 is 1.82. The van der Waals surface area contributed by atoms with Crippen molar-refractivity contribution in [2.24, 2.45) is 0 Å². The highest BCUT2D eigenvalue weighted by molar-refractivity contribution is 7.11. The molecule has 7 nitrogen and oxygen atoms in total. The van der Waals surface area contributed by atoms with E-state index in [0.29, 0.717) is 17.5 Å². The van der Waals surface area contributed by atoms with Gasteiger partial charge in [0.2, 0.25) is 0 Å². The third-order valence-corrected chi connectivity index (χ3v) is 6.72. The topological polar surface area (TPSA) is 108 Å². The molecule has 0 amide bonds. The van der Waals surface area contributed by atoms with Gasteiger partial charge in [-0.05, 0) is 56.6 Å². The van der Waals surface area contributed by atoms with Crippen molar-refractivity contribution in [2.75, 3.05) is 24.6 Å². The standard InChI is InChI=1S/C22H25N7S/c1-13-2-4-16(30-13)10-14-3-5-17(18(23)11-14)20-19-21(24)26-12-27-22(19)29(28-20)15-6-8-25-9-7-15/h2-5,11-12,15,25H,6-10,23H2,1H3,(H2,24,26,27). The first-order valence-corrected chi connectivity index (χ1v) is 11.1. The minimum atomic E-state index is 0.291. The smallest absolute Gasteiger partial charge is 0.164 e. The van der Waals surface area contributed by atoms with Crippen molar-refractivity contribution >= 4 is 33.9 Å². The number of rotatable bonds is 4. The first-order chi connectivity index (χ1) is 14.6. The molecule has 0 aliphatic carbocycles. The molecule has 0 unspecified atom stereocenters. The maximum atomic E-state index is 6.50. The summed E-state index contributed by atoms with van der Waals surface area (Å²) in [6.07, 6.45) is 4.40. The average molecular weight is 420 g/mol. The van der Waals surface area contributed by atoms with Gasteiger partial charge in [-0.1, -0.05) is 12.1 Å². The predicted octanol–water partition coefficient (Wildman–Crippen LogP) is 3.54. The van der Waals surface area contributed by atoms with E-state index < -0.39 is 0 Å². The van der Waals surface area contributed by atoms with Gasteiger partial charge in [0.25, 0.3) is 0 Å². The predicted molar refractivity (Wildman–Crippen MR) is 123 cm³/mol. The van der Waals surface area contributed by atoms with E-state index >= 15 is 0 Å². The molecule has 4 heterocycles. The van der Waals surface area contributed by atoms with Crippen molar-refractivity contribution in [3.05, 3.63) is 52.0 Å². The van der Waals surface area contributed by atoms with Crippen LogP contribution in [0.3, 0.4) is 0 Å². The summed E-state index contributed by atoms with van der Waals surface area (Å²) in [4.78, 5) is 11.4. The van der Waals surface area contributed by atoms with Crippen LogP contribution in [0.15, 0.2) is 36.7 Å². The molecule has 0 spiro atoms. The molecule has 1 aliphatic heterocycles. The normalized spacial score (nSPS) is 15.1. The molecule has 5 N–H and O–H groups in total. The van der Waals surface area contributed by atoms with E-state index in [4.69, 9.17) is 16.6 Å². The summed E-state index contributed by atoms with van der Waals surface area (Å²) in [7, 11) is 0. The fourth-order valence-electron chi connectivity index (χ4n) is 4.21. The number of hydrogen-bond acceptors (Lipinski definition) is 7. The van der Waals surface area contributed by atoms with Crippen LogP contribution in [0.2, 0.25) is 0 Å². The number of thiophene rings is 1. The number of nitrogens with two attached hydrogens (primary N) is 2. The van der Waals surface area contributed by atoms with Crippen LogP contribution in [-0.4, -0.2) is 32.8 Å². The van der Waals surface area contributed by atoms with E-state index in [2.05, 4.69) is 40.4 Å². The molecule has 1 aliphatic rings. The monoisotopic (exact) mass is 419 g/mol. The highest BCUT2D eigenvalue weighted by atomic mass is 32.1. The van der Waals surface area contributed by atoms with Gasteiger partial charge in [-0.25, -0.2) is 14.6 Å².